The number of halogens is 2. The Kier molecular flexibility index (Phi) is 5.99. The molecular formula is C26H23F2N3O4S. The summed E-state index contributed by atoms with van der Waals surface area (Å²) in [5, 5.41) is -0.283. The van der Waals surface area contributed by atoms with Gasteiger partial charge >= 0.3 is 0 Å². The van der Waals surface area contributed by atoms with Crippen LogP contribution in [0.3, 0.4) is 0 Å². The van der Waals surface area contributed by atoms with Crippen LogP contribution in [0.5, 0.6) is 0 Å². The van der Waals surface area contributed by atoms with E-state index in [2.05, 4.69) is 9.71 Å². The average Bonchev–Trinajstić information content (AvgIpc) is 3.66. The first-order chi connectivity index (χ1) is 17.2. The van der Waals surface area contributed by atoms with Crippen molar-refractivity contribution in [1.82, 2.24) is 14.3 Å². The lowest BCUT2D eigenvalue weighted by Gasteiger charge is -2.13. The van der Waals surface area contributed by atoms with Gasteiger partial charge in [0.2, 0.25) is 10.0 Å². The molecule has 2 aromatic heterocycles. The second kappa shape index (κ2) is 9.02. The normalized spacial score (nSPS) is 13.8. The third-order valence-corrected chi connectivity index (χ3v) is 8.22. The molecule has 0 unspecified atom stereocenters. The maximum Gasteiger partial charge on any atom is 0.282 e. The number of rotatable bonds is 7. The molecule has 186 valence electrons. The van der Waals surface area contributed by atoms with E-state index in [-0.39, 0.29) is 34.4 Å². The molecule has 1 fully saturated rings. The lowest BCUT2D eigenvalue weighted by atomic mass is 10.0. The Morgan fingerprint density at radius 1 is 1.08 bits per heavy atom. The number of aromatic nitrogens is 2. The molecular weight excluding hydrogens is 488 g/mol. The Bertz CT molecular complexity index is 1670. The van der Waals surface area contributed by atoms with Crippen molar-refractivity contribution in [3.63, 3.8) is 0 Å². The smallest absolute Gasteiger partial charge is 0.282 e. The van der Waals surface area contributed by atoms with Crippen molar-refractivity contribution in [1.29, 1.82) is 0 Å². The molecule has 7 nitrogen and oxygen atoms in total. The molecule has 2 heterocycles. The van der Waals surface area contributed by atoms with Gasteiger partial charge in [-0.15, -0.1) is 0 Å². The van der Waals surface area contributed by atoms with E-state index in [9.17, 15) is 26.8 Å². The Balaban J connectivity index is 1.84. The van der Waals surface area contributed by atoms with Gasteiger partial charge in [0, 0.05) is 28.3 Å². The molecule has 0 radical (unpaired) electrons. The van der Waals surface area contributed by atoms with Crippen molar-refractivity contribution in [3.8, 4) is 11.1 Å². The largest absolute Gasteiger partial charge is 0.331 e. The lowest BCUT2D eigenvalue weighted by Crippen LogP contribution is -2.35. The van der Waals surface area contributed by atoms with Crippen LogP contribution in [0.15, 0.2) is 59.5 Å². The van der Waals surface area contributed by atoms with Gasteiger partial charge in [0.15, 0.2) is 0 Å². The van der Waals surface area contributed by atoms with E-state index in [0.29, 0.717) is 30.2 Å². The summed E-state index contributed by atoms with van der Waals surface area (Å²) in [7, 11) is -3.95. The van der Waals surface area contributed by atoms with E-state index in [1.54, 1.807) is 25.1 Å². The quantitative estimate of drug-likeness (QED) is 0.390. The Morgan fingerprint density at radius 3 is 2.50 bits per heavy atom. The van der Waals surface area contributed by atoms with E-state index in [1.807, 2.05) is 0 Å². The van der Waals surface area contributed by atoms with Crippen LogP contribution in [0.25, 0.3) is 22.0 Å². The number of aromatic amines is 1. The first-order valence-electron chi connectivity index (χ1n) is 11.5. The highest BCUT2D eigenvalue weighted by Gasteiger charge is 2.38. The molecule has 0 saturated heterocycles. The van der Waals surface area contributed by atoms with Gasteiger partial charge in [-0.1, -0.05) is 25.1 Å². The van der Waals surface area contributed by atoms with Crippen LogP contribution in [0.1, 0.15) is 41.4 Å². The molecule has 1 saturated carbocycles. The predicted molar refractivity (Wildman–Crippen MR) is 132 cm³/mol. The molecule has 10 heteroatoms. The summed E-state index contributed by atoms with van der Waals surface area (Å²) in [6.07, 6.45) is 2.66. The number of nitrogens with one attached hydrogen (secondary N) is 2. The number of amides is 1. The molecule has 1 amide bonds. The fourth-order valence-electron chi connectivity index (χ4n) is 4.41. The van der Waals surface area contributed by atoms with Crippen LogP contribution in [0.2, 0.25) is 0 Å². The number of aryl methyl sites for hydroxylation is 1. The third-order valence-electron chi connectivity index (χ3n) is 6.40. The topological polar surface area (TPSA) is 101 Å². The molecule has 0 bridgehead atoms. The monoisotopic (exact) mass is 511 g/mol. The summed E-state index contributed by atoms with van der Waals surface area (Å²) >= 11 is 0. The van der Waals surface area contributed by atoms with Gasteiger partial charge in [-0.05, 0) is 55.2 Å². The number of fused-ring (bicyclic) bond motifs is 1. The number of carbonyl (C=O) groups excluding carboxylic acids is 1. The number of sulfonamides is 1. The SMILES string of the molecule is CCc1cc2c(-c3ccc[nH]c3=O)c(C(=O)NS(=O)(=O)C3CC3)n(Cc3ccccc3F)c2cc1F. The zero-order valence-corrected chi connectivity index (χ0v) is 20.2. The highest BCUT2D eigenvalue weighted by molar-refractivity contribution is 7.91. The van der Waals surface area contributed by atoms with Gasteiger partial charge in [-0.2, -0.15) is 0 Å². The lowest BCUT2D eigenvalue weighted by molar-refractivity contribution is 0.0973. The van der Waals surface area contributed by atoms with E-state index < -0.39 is 38.4 Å². The molecule has 36 heavy (non-hydrogen) atoms. The summed E-state index contributed by atoms with van der Waals surface area (Å²) in [5.41, 5.74) is 0.392. The highest BCUT2D eigenvalue weighted by atomic mass is 32.2. The van der Waals surface area contributed by atoms with E-state index in [4.69, 9.17) is 0 Å². The number of hydrogen-bond acceptors (Lipinski definition) is 4. The molecule has 0 spiro atoms. The number of carbonyl (C=O) groups is 1. The molecule has 2 N–H and O–H groups in total. The van der Waals surface area contributed by atoms with Crippen molar-refractivity contribution in [3.05, 3.63) is 93.5 Å². The summed E-state index contributed by atoms with van der Waals surface area (Å²) < 4.78 is 58.4. The zero-order chi connectivity index (χ0) is 25.6. The van der Waals surface area contributed by atoms with Crippen LogP contribution in [0.4, 0.5) is 8.78 Å². The summed E-state index contributed by atoms with van der Waals surface area (Å²) in [5.74, 6) is -2.03. The molecule has 1 aliphatic carbocycles. The van der Waals surface area contributed by atoms with E-state index >= 15 is 0 Å². The van der Waals surface area contributed by atoms with Gasteiger partial charge in [0.1, 0.15) is 17.3 Å². The predicted octanol–water partition coefficient (Wildman–Crippen LogP) is 4.11. The number of H-pyrrole nitrogens is 1. The first-order valence-corrected chi connectivity index (χ1v) is 13.1. The highest BCUT2D eigenvalue weighted by Crippen LogP contribution is 2.37. The number of nitrogens with zero attached hydrogens (tertiary/aromatic N) is 1. The summed E-state index contributed by atoms with van der Waals surface area (Å²) in [6, 6.07) is 11.8. The fourth-order valence-corrected chi connectivity index (χ4v) is 5.69. The summed E-state index contributed by atoms with van der Waals surface area (Å²) in [6.45, 7) is 1.58. The van der Waals surface area contributed by atoms with Crippen molar-refractivity contribution < 1.29 is 22.0 Å². The van der Waals surface area contributed by atoms with Crippen molar-refractivity contribution in [2.75, 3.05) is 0 Å². The second-order valence-corrected chi connectivity index (χ2v) is 10.8. The van der Waals surface area contributed by atoms with Crippen LogP contribution in [0, 0.1) is 11.6 Å². The minimum atomic E-state index is -3.95. The molecule has 2 aromatic carbocycles. The Hall–Kier alpha value is -3.79. The zero-order valence-electron chi connectivity index (χ0n) is 19.3. The van der Waals surface area contributed by atoms with Crippen LogP contribution in [-0.2, 0) is 23.0 Å². The van der Waals surface area contributed by atoms with Crippen LogP contribution in [-0.4, -0.2) is 29.1 Å². The Morgan fingerprint density at radius 2 is 1.83 bits per heavy atom. The van der Waals surface area contributed by atoms with Gasteiger partial charge < -0.3 is 9.55 Å². The molecule has 5 rings (SSSR count). The second-order valence-electron chi connectivity index (χ2n) is 8.80. The molecule has 1 aliphatic rings. The van der Waals surface area contributed by atoms with Crippen molar-refractivity contribution in [2.45, 2.75) is 38.0 Å². The van der Waals surface area contributed by atoms with E-state index in [1.165, 1.54) is 41.1 Å². The molecule has 0 atom stereocenters. The molecule has 4 aromatic rings. The first kappa shape index (κ1) is 23.9. The number of hydrogen-bond donors (Lipinski definition) is 2. The minimum absolute atomic E-state index is 0.109. The van der Waals surface area contributed by atoms with Gasteiger partial charge in [0.05, 0.1) is 17.3 Å². The third kappa shape index (κ3) is 4.21. The van der Waals surface area contributed by atoms with Gasteiger partial charge in [-0.3, -0.25) is 9.59 Å². The van der Waals surface area contributed by atoms with E-state index in [0.717, 1.165) is 0 Å². The molecule has 0 aliphatic heterocycles. The van der Waals surface area contributed by atoms with Crippen molar-refractivity contribution >= 4 is 26.8 Å². The maximum absolute atomic E-state index is 15.0. The van der Waals surface area contributed by atoms with Crippen LogP contribution < -0.4 is 10.3 Å². The van der Waals surface area contributed by atoms with Crippen molar-refractivity contribution in [2.24, 2.45) is 0 Å². The van der Waals surface area contributed by atoms with Gasteiger partial charge in [0.25, 0.3) is 11.5 Å². The minimum Gasteiger partial charge on any atom is -0.331 e. The van der Waals surface area contributed by atoms with Gasteiger partial charge in [-0.25, -0.2) is 21.9 Å². The van der Waals surface area contributed by atoms with Crippen LogP contribution >= 0.6 is 0 Å². The number of benzene rings is 2. The maximum atomic E-state index is 15.0. The number of pyridine rings is 1. The summed E-state index contributed by atoms with van der Waals surface area (Å²) in [4.78, 5) is 29.0. The average molecular weight is 512 g/mol. The Labute approximate surface area is 205 Å². The standard InChI is InChI=1S/C26H23F2N3O4S/c1-2-15-12-19-22(13-21(15)28)31(14-16-6-3-4-8-20(16)27)24(23(19)18-7-5-11-29-25(18)32)26(33)30-36(34,35)17-9-10-17/h3-8,11-13,17H,2,9-10,14H2,1H3,(H,29,32)(H,30,33). The fraction of sp³-hybridized carbons (Fsp3) is 0.231.